The van der Waals surface area contributed by atoms with Crippen LogP contribution in [0, 0.1) is 0 Å². The van der Waals surface area contributed by atoms with Crippen LogP contribution in [-0.4, -0.2) is 66.7 Å². The minimum absolute atomic E-state index is 0.0312. The third-order valence-electron chi connectivity index (χ3n) is 10.1. The van der Waals surface area contributed by atoms with Crippen molar-refractivity contribution in [1.82, 2.24) is 0 Å². The lowest BCUT2D eigenvalue weighted by Gasteiger charge is -2.74. The van der Waals surface area contributed by atoms with Crippen LogP contribution in [0.1, 0.15) is 71.1 Å². The molecule has 0 aromatic heterocycles. The number of rotatable bonds is 8. The Hall–Kier alpha value is 0.748. The van der Waals surface area contributed by atoms with E-state index in [4.69, 9.17) is 14.2 Å². The molecule has 7 heteroatoms. The number of hydrogen-bond donors (Lipinski definition) is 0. The van der Waals surface area contributed by atoms with Crippen LogP contribution in [0.25, 0.3) is 0 Å². The van der Waals surface area contributed by atoms with Gasteiger partial charge in [-0.2, -0.15) is 0 Å². The first kappa shape index (κ1) is 29.3. The molecule has 3 nitrogen and oxygen atoms in total. The lowest BCUT2D eigenvalue weighted by molar-refractivity contribution is -0.0485. The Labute approximate surface area is 216 Å². The summed E-state index contributed by atoms with van der Waals surface area (Å²) >= 11 is 0. The highest BCUT2D eigenvalue weighted by atomic mass is 28.4. The number of ether oxygens (including phenoxy) is 3. The van der Waals surface area contributed by atoms with Crippen LogP contribution in [0.2, 0.25) is 65.0 Å². The summed E-state index contributed by atoms with van der Waals surface area (Å²) < 4.78 is 22.5. The molecular weight excluding hydrogens is 485 g/mol. The molecule has 3 fully saturated rings. The summed E-state index contributed by atoms with van der Waals surface area (Å²) in [6, 6.07) is 1.33. The van der Waals surface area contributed by atoms with E-state index in [1.165, 1.54) is 70.3 Å². The molecule has 0 aromatic rings. The van der Waals surface area contributed by atoms with Crippen LogP contribution in [0.5, 0.6) is 0 Å². The van der Waals surface area contributed by atoms with Gasteiger partial charge >= 0.3 is 0 Å². The van der Waals surface area contributed by atoms with Crippen LogP contribution in [-0.2, 0) is 14.2 Å². The van der Waals surface area contributed by atoms with Gasteiger partial charge in [-0.15, -0.1) is 0 Å². The van der Waals surface area contributed by atoms with E-state index in [0.717, 1.165) is 19.8 Å². The second kappa shape index (κ2) is 10.1. The molecule has 0 aromatic carbocycles. The SMILES string of the molecule is CCC[Si](C1([Si](C)(C)C)CCCCO1)(C1([Si](C)(C)C)CCCCO1)C1([Si](C)(C)C)CCCCO1. The van der Waals surface area contributed by atoms with Crippen LogP contribution in [0.4, 0.5) is 0 Å². The van der Waals surface area contributed by atoms with Gasteiger partial charge in [0.1, 0.15) is 0 Å². The van der Waals surface area contributed by atoms with Gasteiger partial charge in [-0.1, -0.05) is 78.3 Å². The van der Waals surface area contributed by atoms with Gasteiger partial charge in [0.05, 0.1) is 38.8 Å². The minimum atomic E-state index is -2.43. The Kier molecular flexibility index (Phi) is 8.74. The van der Waals surface area contributed by atoms with E-state index >= 15 is 0 Å². The molecule has 3 atom stereocenters. The molecule has 0 N–H and O–H groups in total. The largest absolute Gasteiger partial charge is 0.382 e. The van der Waals surface area contributed by atoms with E-state index in [1.54, 1.807) is 0 Å². The van der Waals surface area contributed by atoms with Gasteiger partial charge in [0.2, 0.25) is 0 Å². The molecule has 0 aliphatic carbocycles. The number of hydrogen-bond acceptors (Lipinski definition) is 3. The van der Waals surface area contributed by atoms with Crippen LogP contribution in [0.3, 0.4) is 0 Å². The molecule has 0 saturated carbocycles. The fourth-order valence-electron chi connectivity index (χ4n) is 9.05. The Bertz CT molecular complexity index is 583. The van der Waals surface area contributed by atoms with Crippen molar-refractivity contribution in [1.29, 1.82) is 0 Å². The topological polar surface area (TPSA) is 27.7 Å². The monoisotopic (exact) mass is 542 g/mol. The van der Waals surface area contributed by atoms with Crippen molar-refractivity contribution in [3.8, 4) is 0 Å². The van der Waals surface area contributed by atoms with E-state index in [1.807, 2.05) is 0 Å². The average molecular weight is 543 g/mol. The zero-order chi connectivity index (χ0) is 25.5. The van der Waals surface area contributed by atoms with E-state index < -0.39 is 32.3 Å². The van der Waals surface area contributed by atoms with Crippen LogP contribution >= 0.6 is 0 Å². The molecule has 3 rings (SSSR count). The summed E-state index contributed by atoms with van der Waals surface area (Å²) in [6.07, 6.45) is 12.7. The molecule has 0 radical (unpaired) electrons. The van der Waals surface area contributed by atoms with Gasteiger partial charge in [-0.05, 0) is 57.8 Å². The van der Waals surface area contributed by atoms with Crippen molar-refractivity contribution in [2.75, 3.05) is 19.8 Å². The van der Waals surface area contributed by atoms with Crippen molar-refractivity contribution in [2.24, 2.45) is 0 Å². The lowest BCUT2D eigenvalue weighted by Crippen LogP contribution is -2.95. The maximum Gasteiger partial charge on any atom is 0.151 e. The summed E-state index contributed by atoms with van der Waals surface area (Å²) in [5, 5.41) is 0. The van der Waals surface area contributed by atoms with Gasteiger partial charge in [0.25, 0.3) is 0 Å². The first-order valence-corrected chi connectivity index (χ1v) is 27.3. The van der Waals surface area contributed by atoms with Crippen molar-refractivity contribution in [2.45, 2.75) is 151 Å². The quantitative estimate of drug-likeness (QED) is 0.292. The lowest BCUT2D eigenvalue weighted by atomic mass is 10.2. The van der Waals surface area contributed by atoms with Crippen molar-refractivity contribution < 1.29 is 14.2 Å². The van der Waals surface area contributed by atoms with Crippen molar-refractivity contribution in [3.63, 3.8) is 0 Å². The second-order valence-electron chi connectivity index (χ2n) is 14.8. The molecule has 200 valence electrons. The standard InChI is InChI=1S/C27H58O3Si4/c1-11-24-34(25(31(2,3)4)18-12-15-21-28-25,26(32(5,6)7)19-13-16-22-29-26)27(33(8,9)10)20-14-17-23-30-27/h11-24H2,1-10H3. The Morgan fingerprint density at radius 3 is 0.971 bits per heavy atom. The third-order valence-corrected chi connectivity index (χ3v) is 35.8. The highest BCUT2D eigenvalue weighted by Crippen LogP contribution is 2.62. The van der Waals surface area contributed by atoms with E-state index in [9.17, 15) is 0 Å². The molecule has 34 heavy (non-hydrogen) atoms. The predicted octanol–water partition coefficient (Wildman–Crippen LogP) is 7.91. The third kappa shape index (κ3) is 4.19. The van der Waals surface area contributed by atoms with E-state index in [0.29, 0.717) is 0 Å². The summed E-state index contributed by atoms with van der Waals surface area (Å²) in [4.78, 5) is 0.0938. The Morgan fingerprint density at radius 2 is 0.794 bits per heavy atom. The van der Waals surface area contributed by atoms with Gasteiger partial charge < -0.3 is 14.2 Å². The highest BCUT2D eigenvalue weighted by molar-refractivity contribution is 7.15. The molecule has 0 bridgehead atoms. The van der Waals surface area contributed by atoms with Gasteiger partial charge in [-0.3, -0.25) is 0 Å². The van der Waals surface area contributed by atoms with Gasteiger partial charge in [0.15, 0.2) is 8.07 Å². The maximum atomic E-state index is 7.50. The summed E-state index contributed by atoms with van der Waals surface area (Å²) in [6.45, 7) is 29.2. The smallest absolute Gasteiger partial charge is 0.151 e. The van der Waals surface area contributed by atoms with Crippen LogP contribution < -0.4 is 0 Å². The predicted molar refractivity (Wildman–Crippen MR) is 158 cm³/mol. The minimum Gasteiger partial charge on any atom is -0.382 e. The summed E-state index contributed by atoms with van der Waals surface area (Å²) in [5.41, 5.74) is 0. The first-order chi connectivity index (χ1) is 15.7. The second-order valence-corrected chi connectivity index (χ2v) is 37.0. The van der Waals surface area contributed by atoms with Gasteiger partial charge in [0, 0.05) is 19.8 Å². The Morgan fingerprint density at radius 1 is 0.500 bits per heavy atom. The van der Waals surface area contributed by atoms with E-state index in [2.05, 4.69) is 65.8 Å². The summed E-state index contributed by atoms with van der Waals surface area (Å²) in [5.74, 6) is 0. The average Bonchev–Trinajstić information content (AvgIpc) is 2.76. The van der Waals surface area contributed by atoms with Crippen molar-refractivity contribution in [3.05, 3.63) is 0 Å². The molecule has 3 unspecified atom stereocenters. The van der Waals surface area contributed by atoms with E-state index in [-0.39, 0.29) is 14.5 Å². The zero-order valence-electron chi connectivity index (χ0n) is 24.6. The molecule has 3 aliphatic heterocycles. The fourth-order valence-corrected chi connectivity index (χ4v) is 41.5. The normalized spacial score (nSPS) is 36.2. The summed E-state index contributed by atoms with van der Waals surface area (Å²) in [7, 11) is -7.76. The van der Waals surface area contributed by atoms with Gasteiger partial charge in [-0.25, -0.2) is 0 Å². The maximum absolute atomic E-state index is 7.50. The van der Waals surface area contributed by atoms with Crippen LogP contribution in [0.15, 0.2) is 0 Å². The zero-order valence-corrected chi connectivity index (χ0v) is 28.6. The highest BCUT2D eigenvalue weighted by Gasteiger charge is 2.81. The first-order valence-electron chi connectivity index (χ1n) is 14.6. The molecule has 0 spiro atoms. The molecular formula is C27H58O3Si4. The van der Waals surface area contributed by atoms with Crippen molar-refractivity contribution >= 4 is 32.3 Å². The fraction of sp³-hybridized carbons (Fsp3) is 1.00. The molecule has 3 aliphatic rings. The molecule has 3 heterocycles. The Balaban J connectivity index is 2.54. The molecule has 0 amide bonds. The molecule has 3 saturated heterocycles.